The van der Waals surface area contributed by atoms with E-state index in [0.29, 0.717) is 0 Å². The van der Waals surface area contributed by atoms with Crippen molar-refractivity contribution in [3.05, 3.63) is 5.01 Å². The van der Waals surface area contributed by atoms with Gasteiger partial charge in [-0.15, -0.1) is 10.2 Å². The Hall–Kier alpha value is -0.640. The first kappa shape index (κ1) is 7.98. The summed E-state index contributed by atoms with van der Waals surface area (Å²) in [7, 11) is 0. The molecule has 1 aliphatic rings. The molecule has 2 rings (SSSR count). The number of hydrogen-bond donors (Lipinski definition) is 1. The van der Waals surface area contributed by atoms with E-state index < -0.39 is 0 Å². The second-order valence-electron chi connectivity index (χ2n) is 3.30. The fraction of sp³-hybridized carbons (Fsp3) is 0.750. The van der Waals surface area contributed by atoms with E-state index in [9.17, 15) is 0 Å². The van der Waals surface area contributed by atoms with Crippen molar-refractivity contribution in [3.8, 4) is 0 Å². The molecule has 3 nitrogen and oxygen atoms in total. The molecule has 1 aromatic rings. The van der Waals surface area contributed by atoms with E-state index in [0.717, 1.165) is 22.6 Å². The number of nitrogens with one attached hydrogen (secondary N) is 1. The molecule has 1 aromatic heterocycles. The Morgan fingerprint density at radius 1 is 1.50 bits per heavy atom. The molecule has 0 spiro atoms. The van der Waals surface area contributed by atoms with Crippen molar-refractivity contribution in [2.24, 2.45) is 5.92 Å². The monoisotopic (exact) mass is 183 g/mol. The maximum Gasteiger partial charge on any atom is 0.205 e. The standard InChI is InChI=1S/C8H13N3S/c1-6-10-11-8(12-6)9-5-7-3-2-4-7/h7H,2-5H2,1H3,(H,9,11). The Bertz CT molecular complexity index is 255. The molecule has 0 atom stereocenters. The van der Waals surface area contributed by atoms with Crippen LogP contribution in [0.1, 0.15) is 24.3 Å². The zero-order chi connectivity index (χ0) is 8.39. The third kappa shape index (κ3) is 1.75. The van der Waals surface area contributed by atoms with Crippen LogP contribution >= 0.6 is 11.3 Å². The van der Waals surface area contributed by atoms with Crippen LogP contribution < -0.4 is 5.32 Å². The predicted octanol–water partition coefficient (Wildman–Crippen LogP) is 2.06. The van der Waals surface area contributed by atoms with Gasteiger partial charge in [-0.1, -0.05) is 17.8 Å². The molecule has 0 saturated heterocycles. The Kier molecular flexibility index (Phi) is 2.26. The van der Waals surface area contributed by atoms with Crippen LogP contribution in [0.3, 0.4) is 0 Å². The summed E-state index contributed by atoms with van der Waals surface area (Å²) in [6.45, 7) is 3.06. The molecular weight excluding hydrogens is 170 g/mol. The van der Waals surface area contributed by atoms with Gasteiger partial charge in [-0.05, 0) is 25.7 Å². The number of hydrogen-bond acceptors (Lipinski definition) is 4. The minimum atomic E-state index is 0.884. The number of rotatable bonds is 3. The highest BCUT2D eigenvalue weighted by Crippen LogP contribution is 2.26. The van der Waals surface area contributed by atoms with E-state index in [1.165, 1.54) is 19.3 Å². The molecular formula is C8H13N3S. The molecule has 0 radical (unpaired) electrons. The van der Waals surface area contributed by atoms with Crippen LogP contribution in [0.4, 0.5) is 5.13 Å². The summed E-state index contributed by atoms with van der Waals surface area (Å²) in [4.78, 5) is 0. The smallest absolute Gasteiger partial charge is 0.205 e. The molecule has 66 valence electrons. The van der Waals surface area contributed by atoms with Crippen LogP contribution in [0.2, 0.25) is 0 Å². The van der Waals surface area contributed by atoms with Crippen LogP contribution in [0.25, 0.3) is 0 Å². The van der Waals surface area contributed by atoms with Gasteiger partial charge in [0.1, 0.15) is 5.01 Å². The van der Waals surface area contributed by atoms with Gasteiger partial charge in [0, 0.05) is 6.54 Å². The zero-order valence-electron chi connectivity index (χ0n) is 7.21. The van der Waals surface area contributed by atoms with Crippen molar-refractivity contribution < 1.29 is 0 Å². The molecule has 0 bridgehead atoms. The lowest BCUT2D eigenvalue weighted by atomic mass is 9.86. The van der Waals surface area contributed by atoms with Gasteiger partial charge in [-0.25, -0.2) is 0 Å². The Morgan fingerprint density at radius 2 is 2.33 bits per heavy atom. The number of aromatic nitrogens is 2. The van der Waals surface area contributed by atoms with Crippen molar-refractivity contribution >= 4 is 16.5 Å². The summed E-state index contributed by atoms with van der Waals surface area (Å²) in [5, 5.41) is 13.3. The first-order chi connectivity index (χ1) is 5.84. The second-order valence-corrected chi connectivity index (χ2v) is 4.49. The van der Waals surface area contributed by atoms with Crippen LogP contribution in [-0.2, 0) is 0 Å². The highest BCUT2D eigenvalue weighted by atomic mass is 32.1. The summed E-state index contributed by atoms with van der Waals surface area (Å²) < 4.78 is 0. The summed E-state index contributed by atoms with van der Waals surface area (Å²) in [5.74, 6) is 0.884. The zero-order valence-corrected chi connectivity index (χ0v) is 8.02. The van der Waals surface area contributed by atoms with Gasteiger partial charge in [0.2, 0.25) is 5.13 Å². The maximum absolute atomic E-state index is 4.00. The van der Waals surface area contributed by atoms with Gasteiger partial charge in [0.05, 0.1) is 0 Å². The van der Waals surface area contributed by atoms with Gasteiger partial charge >= 0.3 is 0 Å². The van der Waals surface area contributed by atoms with Gasteiger partial charge in [-0.3, -0.25) is 0 Å². The van der Waals surface area contributed by atoms with Crippen molar-refractivity contribution in [1.82, 2.24) is 10.2 Å². The summed E-state index contributed by atoms with van der Waals surface area (Å²) >= 11 is 1.63. The molecule has 4 heteroatoms. The van der Waals surface area contributed by atoms with Crippen molar-refractivity contribution in [1.29, 1.82) is 0 Å². The molecule has 0 amide bonds. The number of aryl methyl sites for hydroxylation is 1. The average Bonchev–Trinajstić information content (AvgIpc) is 2.32. The van der Waals surface area contributed by atoms with E-state index in [1.807, 2.05) is 6.92 Å². The maximum atomic E-state index is 4.00. The highest BCUT2D eigenvalue weighted by molar-refractivity contribution is 7.15. The SMILES string of the molecule is Cc1nnc(NCC2CCC2)s1. The molecule has 1 aliphatic carbocycles. The van der Waals surface area contributed by atoms with E-state index in [1.54, 1.807) is 11.3 Å². The average molecular weight is 183 g/mol. The lowest BCUT2D eigenvalue weighted by Crippen LogP contribution is -2.20. The third-order valence-corrected chi connectivity index (χ3v) is 3.09. The minimum Gasteiger partial charge on any atom is -0.360 e. The molecule has 1 N–H and O–H groups in total. The minimum absolute atomic E-state index is 0.884. The van der Waals surface area contributed by atoms with E-state index in [-0.39, 0.29) is 0 Å². The molecule has 0 unspecified atom stereocenters. The fourth-order valence-electron chi connectivity index (χ4n) is 1.30. The van der Waals surface area contributed by atoms with Crippen LogP contribution in [0.15, 0.2) is 0 Å². The molecule has 12 heavy (non-hydrogen) atoms. The quantitative estimate of drug-likeness (QED) is 0.779. The highest BCUT2D eigenvalue weighted by Gasteiger charge is 2.17. The molecule has 0 aliphatic heterocycles. The Balaban J connectivity index is 1.79. The molecule has 1 saturated carbocycles. The van der Waals surface area contributed by atoms with E-state index in [4.69, 9.17) is 0 Å². The van der Waals surface area contributed by atoms with Crippen LogP contribution in [0, 0.1) is 12.8 Å². The number of nitrogens with zero attached hydrogens (tertiary/aromatic N) is 2. The lowest BCUT2D eigenvalue weighted by Gasteiger charge is -2.24. The van der Waals surface area contributed by atoms with Gasteiger partial charge in [0.25, 0.3) is 0 Å². The van der Waals surface area contributed by atoms with Gasteiger partial charge in [0.15, 0.2) is 0 Å². The van der Waals surface area contributed by atoms with Gasteiger partial charge in [-0.2, -0.15) is 0 Å². The Labute approximate surface area is 76.2 Å². The topological polar surface area (TPSA) is 37.8 Å². The number of anilines is 1. The Morgan fingerprint density at radius 3 is 2.83 bits per heavy atom. The van der Waals surface area contributed by atoms with E-state index >= 15 is 0 Å². The van der Waals surface area contributed by atoms with E-state index in [2.05, 4.69) is 15.5 Å². The summed E-state index contributed by atoms with van der Waals surface area (Å²) in [5.41, 5.74) is 0. The predicted molar refractivity (Wildman–Crippen MR) is 50.5 cm³/mol. The normalized spacial score (nSPS) is 17.4. The largest absolute Gasteiger partial charge is 0.360 e. The molecule has 0 aromatic carbocycles. The first-order valence-corrected chi connectivity index (χ1v) is 5.20. The van der Waals surface area contributed by atoms with Crippen molar-refractivity contribution in [3.63, 3.8) is 0 Å². The van der Waals surface area contributed by atoms with Crippen LogP contribution in [-0.4, -0.2) is 16.7 Å². The second kappa shape index (κ2) is 3.39. The molecule has 1 fully saturated rings. The summed E-state index contributed by atoms with van der Waals surface area (Å²) in [6.07, 6.45) is 4.16. The lowest BCUT2D eigenvalue weighted by molar-refractivity contribution is 0.333. The van der Waals surface area contributed by atoms with Crippen molar-refractivity contribution in [2.75, 3.05) is 11.9 Å². The van der Waals surface area contributed by atoms with Crippen molar-refractivity contribution in [2.45, 2.75) is 26.2 Å². The fourth-order valence-corrected chi connectivity index (χ4v) is 1.90. The van der Waals surface area contributed by atoms with Crippen LogP contribution in [0.5, 0.6) is 0 Å². The molecule has 1 heterocycles. The third-order valence-electron chi connectivity index (χ3n) is 2.29. The summed E-state index contributed by atoms with van der Waals surface area (Å²) in [6, 6.07) is 0. The van der Waals surface area contributed by atoms with Gasteiger partial charge < -0.3 is 5.32 Å². The first-order valence-electron chi connectivity index (χ1n) is 4.38.